The predicted octanol–water partition coefficient (Wildman–Crippen LogP) is 6.48. The third-order valence-corrected chi connectivity index (χ3v) is 7.49. The second-order valence-electron chi connectivity index (χ2n) is 11.1. The number of aliphatic hydroxyl groups is 1. The molecule has 1 heterocycles. The van der Waals surface area contributed by atoms with Crippen molar-refractivity contribution in [1.82, 2.24) is 0 Å². The summed E-state index contributed by atoms with van der Waals surface area (Å²) in [5, 5.41) is 22.6. The molecule has 1 aliphatic heterocycles. The van der Waals surface area contributed by atoms with Crippen molar-refractivity contribution in [3.8, 4) is 11.5 Å². The lowest BCUT2D eigenvalue weighted by molar-refractivity contribution is -0.132. The maximum atomic E-state index is 13.7. The van der Waals surface area contributed by atoms with Gasteiger partial charge < -0.3 is 19.8 Å². The molecule has 7 heteroatoms. The van der Waals surface area contributed by atoms with E-state index in [1.807, 2.05) is 37.3 Å². The van der Waals surface area contributed by atoms with Gasteiger partial charge in [-0.1, -0.05) is 45.0 Å². The lowest BCUT2D eigenvalue weighted by Gasteiger charge is -2.27. The minimum Gasteiger partial charge on any atom is -0.507 e. The third-order valence-electron chi connectivity index (χ3n) is 7.49. The number of phenolic OH excluding ortho intramolecular Hbond substituents is 1. The molecule has 40 heavy (non-hydrogen) atoms. The number of ketones is 1. The molecular formula is C33H38N2O5. The number of phenols is 1. The molecule has 1 atom stereocenters. The van der Waals surface area contributed by atoms with Gasteiger partial charge in [-0.05, 0) is 79.3 Å². The lowest BCUT2D eigenvalue weighted by atomic mass is 9.85. The number of anilines is 2. The monoisotopic (exact) mass is 542 g/mol. The Morgan fingerprint density at radius 3 is 2.20 bits per heavy atom. The standard InChI is InChI=1S/C33H38N2O5/c1-8-34(9-2)23-14-11-21(12-15-23)29-28(30(37)24-19-22(33(4,5)6)13-17-27(24)40-7)31(38)32(39)35(29)25-18-20(3)10-16-26(25)36/h10-19,29,36-37H,8-9H2,1-7H3/b30-28+. The molecule has 1 unspecified atom stereocenters. The zero-order chi connectivity index (χ0) is 29.4. The fourth-order valence-electron chi connectivity index (χ4n) is 5.18. The van der Waals surface area contributed by atoms with E-state index in [-0.39, 0.29) is 28.2 Å². The van der Waals surface area contributed by atoms with Crippen molar-refractivity contribution in [1.29, 1.82) is 0 Å². The van der Waals surface area contributed by atoms with E-state index in [1.54, 1.807) is 24.3 Å². The van der Waals surface area contributed by atoms with E-state index in [2.05, 4.69) is 39.5 Å². The van der Waals surface area contributed by atoms with E-state index in [0.29, 0.717) is 16.9 Å². The Morgan fingerprint density at radius 1 is 0.975 bits per heavy atom. The van der Waals surface area contributed by atoms with Crippen LogP contribution in [-0.4, -0.2) is 42.1 Å². The molecule has 0 saturated carbocycles. The van der Waals surface area contributed by atoms with Gasteiger partial charge in [0.05, 0.1) is 30.0 Å². The summed E-state index contributed by atoms with van der Waals surface area (Å²) in [5.74, 6) is -1.74. The Balaban J connectivity index is 2.00. The van der Waals surface area contributed by atoms with Gasteiger partial charge in [-0.2, -0.15) is 0 Å². The number of aromatic hydroxyl groups is 1. The number of hydrogen-bond acceptors (Lipinski definition) is 6. The van der Waals surface area contributed by atoms with Gasteiger partial charge >= 0.3 is 0 Å². The number of rotatable bonds is 7. The maximum Gasteiger partial charge on any atom is 0.300 e. The van der Waals surface area contributed by atoms with Gasteiger partial charge in [0.15, 0.2) is 0 Å². The predicted molar refractivity (Wildman–Crippen MR) is 159 cm³/mol. The van der Waals surface area contributed by atoms with Crippen LogP contribution in [0.2, 0.25) is 0 Å². The summed E-state index contributed by atoms with van der Waals surface area (Å²) in [6, 6.07) is 17.0. The summed E-state index contributed by atoms with van der Waals surface area (Å²) in [7, 11) is 1.50. The van der Waals surface area contributed by atoms with E-state index < -0.39 is 17.7 Å². The highest BCUT2D eigenvalue weighted by Crippen LogP contribution is 2.46. The summed E-state index contributed by atoms with van der Waals surface area (Å²) in [6.07, 6.45) is 0. The van der Waals surface area contributed by atoms with Gasteiger partial charge in [-0.15, -0.1) is 0 Å². The number of Topliss-reactive ketones (excluding diaryl/α,β-unsaturated/α-hetero) is 1. The molecule has 3 aromatic carbocycles. The molecule has 1 saturated heterocycles. The van der Waals surface area contributed by atoms with Crippen LogP contribution in [-0.2, 0) is 15.0 Å². The zero-order valence-electron chi connectivity index (χ0n) is 24.3. The Labute approximate surface area is 236 Å². The molecule has 0 aromatic heterocycles. The van der Waals surface area contributed by atoms with Gasteiger partial charge in [-0.3, -0.25) is 14.5 Å². The first-order valence-electron chi connectivity index (χ1n) is 13.6. The van der Waals surface area contributed by atoms with Crippen molar-refractivity contribution in [2.45, 2.75) is 53.0 Å². The molecule has 4 rings (SSSR count). The van der Waals surface area contributed by atoms with Crippen LogP contribution in [0.25, 0.3) is 5.76 Å². The van der Waals surface area contributed by atoms with Crippen LogP contribution in [0.3, 0.4) is 0 Å². The molecule has 0 radical (unpaired) electrons. The third kappa shape index (κ3) is 5.16. The zero-order valence-corrected chi connectivity index (χ0v) is 24.3. The summed E-state index contributed by atoms with van der Waals surface area (Å²) in [5.41, 5.74) is 3.60. The first kappa shape index (κ1) is 28.7. The van der Waals surface area contributed by atoms with Crippen molar-refractivity contribution in [3.63, 3.8) is 0 Å². The molecular weight excluding hydrogens is 504 g/mol. The molecule has 0 aliphatic carbocycles. The van der Waals surface area contributed by atoms with Gasteiger partial charge in [0.2, 0.25) is 0 Å². The number of ether oxygens (including phenoxy) is 1. The first-order chi connectivity index (χ1) is 18.9. The maximum absolute atomic E-state index is 13.7. The van der Waals surface area contributed by atoms with Gasteiger partial charge in [0, 0.05) is 18.8 Å². The van der Waals surface area contributed by atoms with Crippen LogP contribution >= 0.6 is 0 Å². The minimum atomic E-state index is -0.971. The number of aliphatic hydroxyl groups excluding tert-OH is 1. The molecule has 2 N–H and O–H groups in total. The highest BCUT2D eigenvalue weighted by molar-refractivity contribution is 6.52. The Morgan fingerprint density at radius 2 is 1.62 bits per heavy atom. The van der Waals surface area contributed by atoms with E-state index in [9.17, 15) is 19.8 Å². The number of hydrogen-bond donors (Lipinski definition) is 2. The van der Waals surface area contributed by atoms with Gasteiger partial charge in [0.1, 0.15) is 17.3 Å². The number of aryl methyl sites for hydroxylation is 1. The van der Waals surface area contributed by atoms with Crippen molar-refractivity contribution in [2.75, 3.05) is 30.0 Å². The van der Waals surface area contributed by atoms with E-state index in [4.69, 9.17) is 4.74 Å². The average molecular weight is 543 g/mol. The largest absolute Gasteiger partial charge is 0.507 e. The minimum absolute atomic E-state index is 0.0640. The summed E-state index contributed by atoms with van der Waals surface area (Å²) in [6.45, 7) is 13.8. The highest BCUT2D eigenvalue weighted by atomic mass is 16.5. The second-order valence-corrected chi connectivity index (χ2v) is 11.1. The van der Waals surface area contributed by atoms with Crippen LogP contribution < -0.4 is 14.5 Å². The number of carbonyl (C=O) groups excluding carboxylic acids is 2. The molecule has 3 aromatic rings. The lowest BCUT2D eigenvalue weighted by Crippen LogP contribution is -2.29. The van der Waals surface area contributed by atoms with Crippen molar-refractivity contribution in [3.05, 3.63) is 88.5 Å². The number of methoxy groups -OCH3 is 1. The fourth-order valence-corrected chi connectivity index (χ4v) is 5.18. The Bertz CT molecular complexity index is 1460. The van der Waals surface area contributed by atoms with Crippen molar-refractivity contribution < 1.29 is 24.5 Å². The van der Waals surface area contributed by atoms with Crippen LogP contribution in [0.15, 0.2) is 66.2 Å². The van der Waals surface area contributed by atoms with Crippen molar-refractivity contribution in [2.24, 2.45) is 0 Å². The van der Waals surface area contributed by atoms with Crippen LogP contribution in [0.1, 0.15) is 62.9 Å². The van der Waals surface area contributed by atoms with E-state index >= 15 is 0 Å². The smallest absolute Gasteiger partial charge is 0.300 e. The Kier molecular flexibility index (Phi) is 7.96. The average Bonchev–Trinajstić information content (AvgIpc) is 3.19. The molecule has 1 aliphatic rings. The molecule has 0 spiro atoms. The van der Waals surface area contributed by atoms with Gasteiger partial charge in [-0.25, -0.2) is 0 Å². The van der Waals surface area contributed by atoms with Crippen molar-refractivity contribution >= 4 is 28.8 Å². The van der Waals surface area contributed by atoms with Gasteiger partial charge in [0.25, 0.3) is 11.7 Å². The van der Waals surface area contributed by atoms with E-state index in [1.165, 1.54) is 18.1 Å². The molecule has 0 bridgehead atoms. The molecule has 1 fully saturated rings. The van der Waals surface area contributed by atoms with Crippen LogP contribution in [0, 0.1) is 6.92 Å². The number of carbonyl (C=O) groups is 2. The number of benzene rings is 3. The number of amides is 1. The van der Waals surface area contributed by atoms with Crippen LogP contribution in [0.5, 0.6) is 11.5 Å². The second kappa shape index (κ2) is 11.1. The van der Waals surface area contributed by atoms with Crippen LogP contribution in [0.4, 0.5) is 11.4 Å². The summed E-state index contributed by atoms with van der Waals surface area (Å²) >= 11 is 0. The molecule has 1 amide bonds. The normalized spacial score (nSPS) is 16.9. The number of nitrogens with zero attached hydrogens (tertiary/aromatic N) is 2. The fraction of sp³-hybridized carbons (Fsp3) is 0.333. The Hall–Kier alpha value is -4.26. The SMILES string of the molecule is CCN(CC)c1ccc(C2/C(=C(\O)c3cc(C(C)(C)C)ccc3OC)C(=O)C(=O)N2c2cc(C)ccc2O)cc1. The summed E-state index contributed by atoms with van der Waals surface area (Å²) < 4.78 is 5.56. The quantitative estimate of drug-likeness (QED) is 0.202. The highest BCUT2D eigenvalue weighted by Gasteiger charge is 2.48. The topological polar surface area (TPSA) is 90.3 Å². The molecule has 210 valence electrons. The first-order valence-corrected chi connectivity index (χ1v) is 13.6. The van der Waals surface area contributed by atoms with E-state index in [0.717, 1.165) is 29.9 Å². The summed E-state index contributed by atoms with van der Waals surface area (Å²) in [4.78, 5) is 30.8. The molecule has 7 nitrogen and oxygen atoms in total.